The number of anilines is 2. The Bertz CT molecular complexity index is 865. The third kappa shape index (κ3) is 2.49. The van der Waals surface area contributed by atoms with Crippen LogP contribution in [0.3, 0.4) is 0 Å². The molecule has 2 aliphatic heterocycles. The molecule has 2 heterocycles. The fourth-order valence-corrected chi connectivity index (χ4v) is 3.55. The van der Waals surface area contributed by atoms with Gasteiger partial charge in [0, 0.05) is 19.0 Å². The lowest BCUT2D eigenvalue weighted by Gasteiger charge is -2.29. The lowest BCUT2D eigenvalue weighted by atomic mass is 9.85. The molecule has 1 saturated carbocycles. The number of carbonyl (C=O) groups excluding carboxylic acids is 3. The molecule has 1 aliphatic carbocycles. The fourth-order valence-electron chi connectivity index (χ4n) is 3.55. The monoisotopic (exact) mass is 336 g/mol. The zero-order valence-corrected chi connectivity index (χ0v) is 13.5. The molecule has 6 nitrogen and oxygen atoms in total. The molecule has 1 aromatic carbocycles. The molecule has 1 aromatic rings. The molecule has 4 rings (SSSR count). The summed E-state index contributed by atoms with van der Waals surface area (Å²) in [6, 6.07) is 5.24. The van der Waals surface area contributed by atoms with Crippen LogP contribution in [0.5, 0.6) is 5.75 Å². The third-order valence-corrected chi connectivity index (χ3v) is 4.80. The van der Waals surface area contributed by atoms with Crippen molar-refractivity contribution in [1.29, 1.82) is 0 Å². The standard InChI is InChI=1S/C19H16N2O4/c1-2-7-20-16-9-13(3-6-17(16)25-11-18(20)23)21-10-12-8-14(22)4-5-15(12)19(21)24/h1,3,6,9-10,15H,4-5,7-8,11H2. The van der Waals surface area contributed by atoms with Crippen LogP contribution >= 0.6 is 0 Å². The van der Waals surface area contributed by atoms with Crippen molar-refractivity contribution in [2.24, 2.45) is 5.92 Å². The van der Waals surface area contributed by atoms with Crippen molar-refractivity contribution in [2.45, 2.75) is 19.3 Å². The molecule has 1 atom stereocenters. The molecule has 3 aliphatic rings. The van der Waals surface area contributed by atoms with Crippen LogP contribution in [0.4, 0.5) is 11.4 Å². The summed E-state index contributed by atoms with van der Waals surface area (Å²) >= 11 is 0. The summed E-state index contributed by atoms with van der Waals surface area (Å²) < 4.78 is 5.44. The molecule has 6 heteroatoms. The lowest BCUT2D eigenvalue weighted by molar-refractivity contribution is -0.123. The molecule has 126 valence electrons. The molecule has 0 aromatic heterocycles. The molecule has 1 unspecified atom stereocenters. The van der Waals surface area contributed by atoms with Crippen molar-refractivity contribution in [1.82, 2.24) is 0 Å². The van der Waals surface area contributed by atoms with Crippen molar-refractivity contribution >= 4 is 29.0 Å². The van der Waals surface area contributed by atoms with Gasteiger partial charge < -0.3 is 4.74 Å². The van der Waals surface area contributed by atoms with Gasteiger partial charge in [0.05, 0.1) is 23.8 Å². The minimum Gasteiger partial charge on any atom is -0.482 e. The Labute approximate surface area is 145 Å². The summed E-state index contributed by atoms with van der Waals surface area (Å²) in [5.74, 6) is 2.74. The van der Waals surface area contributed by atoms with Gasteiger partial charge in [0.15, 0.2) is 6.61 Å². The molecule has 0 saturated heterocycles. The minimum absolute atomic E-state index is 0.0333. The van der Waals surface area contributed by atoms with Crippen molar-refractivity contribution in [3.05, 3.63) is 30.0 Å². The Morgan fingerprint density at radius 1 is 1.28 bits per heavy atom. The minimum atomic E-state index is -0.215. The van der Waals surface area contributed by atoms with Crippen LogP contribution in [0.1, 0.15) is 19.3 Å². The highest BCUT2D eigenvalue weighted by Crippen LogP contribution is 2.40. The average Bonchev–Trinajstić information content (AvgIpc) is 2.93. The first-order valence-corrected chi connectivity index (χ1v) is 8.14. The number of Topliss-reactive ketones (excluding diaryl/α,β-unsaturated/α-hetero) is 1. The van der Waals surface area contributed by atoms with Gasteiger partial charge in [-0.3, -0.25) is 24.2 Å². The zero-order chi connectivity index (χ0) is 17.6. The van der Waals surface area contributed by atoms with Crippen molar-refractivity contribution in [3.63, 3.8) is 0 Å². The molecular formula is C19H16N2O4. The first-order chi connectivity index (χ1) is 12.1. The summed E-state index contributed by atoms with van der Waals surface area (Å²) in [6.45, 7) is 0.0930. The second kappa shape index (κ2) is 5.78. The highest BCUT2D eigenvalue weighted by Gasteiger charge is 2.38. The predicted octanol–water partition coefficient (Wildman–Crippen LogP) is 1.64. The Kier molecular flexibility index (Phi) is 3.57. The van der Waals surface area contributed by atoms with Gasteiger partial charge in [-0.25, -0.2) is 0 Å². The largest absolute Gasteiger partial charge is 0.482 e. The zero-order valence-electron chi connectivity index (χ0n) is 13.5. The normalized spacial score (nSPS) is 22.1. The Balaban J connectivity index is 1.71. The summed E-state index contributed by atoms with van der Waals surface area (Å²) in [5.41, 5.74) is 2.06. The Morgan fingerprint density at radius 2 is 2.12 bits per heavy atom. The first kappa shape index (κ1) is 15.5. The topological polar surface area (TPSA) is 66.9 Å². The SMILES string of the molecule is C#CCN1C(=O)COc2ccc(N3C=C4CC(=O)CCC4C3=O)cc21. The number of amides is 2. The van der Waals surface area contributed by atoms with Crippen LogP contribution < -0.4 is 14.5 Å². The van der Waals surface area contributed by atoms with E-state index in [1.54, 1.807) is 29.3 Å². The van der Waals surface area contributed by atoms with Crippen LogP contribution in [0.2, 0.25) is 0 Å². The van der Waals surface area contributed by atoms with Gasteiger partial charge in [0.2, 0.25) is 5.91 Å². The lowest BCUT2D eigenvalue weighted by Crippen LogP contribution is -2.39. The number of ketones is 1. The number of hydrogen-bond donors (Lipinski definition) is 0. The Morgan fingerprint density at radius 3 is 2.92 bits per heavy atom. The van der Waals surface area contributed by atoms with E-state index >= 15 is 0 Å². The number of terminal acetylenes is 1. The summed E-state index contributed by atoms with van der Waals surface area (Å²) in [4.78, 5) is 39.5. The molecule has 0 bridgehead atoms. The van der Waals surface area contributed by atoms with Crippen LogP contribution in [0.25, 0.3) is 0 Å². The molecule has 0 spiro atoms. The fraction of sp³-hybridized carbons (Fsp3) is 0.316. The van der Waals surface area contributed by atoms with Crippen LogP contribution in [0.15, 0.2) is 30.0 Å². The van der Waals surface area contributed by atoms with E-state index in [4.69, 9.17) is 11.2 Å². The molecule has 1 fully saturated rings. The predicted molar refractivity (Wildman–Crippen MR) is 91.0 cm³/mol. The van der Waals surface area contributed by atoms with Gasteiger partial charge in [-0.1, -0.05) is 5.92 Å². The van der Waals surface area contributed by atoms with Crippen molar-refractivity contribution in [2.75, 3.05) is 23.0 Å². The molecule has 25 heavy (non-hydrogen) atoms. The second-order valence-corrected chi connectivity index (χ2v) is 6.34. The molecule has 0 radical (unpaired) electrons. The number of rotatable bonds is 2. The van der Waals surface area contributed by atoms with Crippen molar-refractivity contribution in [3.8, 4) is 18.1 Å². The van der Waals surface area contributed by atoms with Gasteiger partial charge >= 0.3 is 0 Å². The molecule has 2 amide bonds. The van der Waals surface area contributed by atoms with Gasteiger partial charge in [-0.2, -0.15) is 0 Å². The van der Waals surface area contributed by atoms with E-state index in [9.17, 15) is 14.4 Å². The van der Waals surface area contributed by atoms with E-state index in [1.807, 2.05) is 0 Å². The van der Waals surface area contributed by atoms with Crippen LogP contribution in [0, 0.1) is 18.3 Å². The van der Waals surface area contributed by atoms with Crippen LogP contribution in [-0.2, 0) is 14.4 Å². The maximum absolute atomic E-state index is 12.7. The Hall–Kier alpha value is -3.07. The smallest absolute Gasteiger partial charge is 0.265 e. The van der Waals surface area contributed by atoms with Gasteiger partial charge in [-0.15, -0.1) is 6.42 Å². The van der Waals surface area contributed by atoms with E-state index in [0.29, 0.717) is 36.4 Å². The number of ether oxygens (including phenoxy) is 1. The first-order valence-electron chi connectivity index (χ1n) is 8.14. The highest BCUT2D eigenvalue weighted by atomic mass is 16.5. The van der Waals surface area contributed by atoms with E-state index < -0.39 is 0 Å². The van der Waals surface area contributed by atoms with Gasteiger partial charge in [0.1, 0.15) is 11.5 Å². The molecule has 0 N–H and O–H groups in total. The molecular weight excluding hydrogens is 320 g/mol. The van der Waals surface area contributed by atoms with Crippen molar-refractivity contribution < 1.29 is 19.1 Å². The quantitative estimate of drug-likeness (QED) is 0.770. The summed E-state index contributed by atoms with van der Waals surface area (Å²) in [6.07, 6.45) is 8.47. The number of nitrogens with zero attached hydrogens (tertiary/aromatic N) is 2. The number of hydrogen-bond acceptors (Lipinski definition) is 4. The summed E-state index contributed by atoms with van der Waals surface area (Å²) in [7, 11) is 0. The number of fused-ring (bicyclic) bond motifs is 2. The second-order valence-electron chi connectivity index (χ2n) is 6.34. The maximum atomic E-state index is 12.7. The number of benzene rings is 1. The van der Waals surface area contributed by atoms with E-state index in [2.05, 4.69) is 5.92 Å². The van der Waals surface area contributed by atoms with E-state index in [1.165, 1.54) is 4.90 Å². The summed E-state index contributed by atoms with van der Waals surface area (Å²) in [5, 5.41) is 0. The van der Waals surface area contributed by atoms with E-state index in [-0.39, 0.29) is 36.7 Å². The van der Waals surface area contributed by atoms with E-state index in [0.717, 1.165) is 5.57 Å². The number of carbonyl (C=O) groups is 3. The van der Waals surface area contributed by atoms with Crippen LogP contribution in [-0.4, -0.2) is 30.7 Å². The van der Waals surface area contributed by atoms with Gasteiger partial charge in [-0.05, 0) is 30.2 Å². The van der Waals surface area contributed by atoms with Gasteiger partial charge in [0.25, 0.3) is 5.91 Å². The average molecular weight is 336 g/mol. The maximum Gasteiger partial charge on any atom is 0.265 e. The highest BCUT2D eigenvalue weighted by molar-refractivity contribution is 6.05. The third-order valence-electron chi connectivity index (χ3n) is 4.80.